The van der Waals surface area contributed by atoms with Gasteiger partial charge in [-0.1, -0.05) is 36.7 Å². The first-order valence-electron chi connectivity index (χ1n) is 8.17. The lowest BCUT2D eigenvalue weighted by Crippen LogP contribution is -2.28. The van der Waals surface area contributed by atoms with Crippen molar-refractivity contribution in [3.8, 4) is 0 Å². The number of benzene rings is 1. The van der Waals surface area contributed by atoms with E-state index in [-0.39, 0.29) is 12.0 Å². The maximum absolute atomic E-state index is 12.4. The molecule has 1 heterocycles. The molecule has 2 aromatic rings. The van der Waals surface area contributed by atoms with Gasteiger partial charge in [-0.05, 0) is 38.3 Å². The van der Waals surface area contributed by atoms with Crippen LogP contribution in [-0.2, 0) is 6.54 Å². The monoisotopic (exact) mass is 349 g/mol. The Bertz CT molecular complexity index is 712. The van der Waals surface area contributed by atoms with Crippen molar-refractivity contribution in [1.82, 2.24) is 15.1 Å². The van der Waals surface area contributed by atoms with Gasteiger partial charge in [0.1, 0.15) is 0 Å². The number of hydrogen-bond acceptors (Lipinski definition) is 3. The summed E-state index contributed by atoms with van der Waals surface area (Å²) in [5.41, 5.74) is 3.05. The van der Waals surface area contributed by atoms with E-state index in [2.05, 4.69) is 10.4 Å². The molecule has 130 valence electrons. The molecule has 0 bridgehead atoms. The Kier molecular flexibility index (Phi) is 6.40. The number of aliphatic hydroxyl groups is 1. The number of aryl methyl sites for hydroxylation is 1. The summed E-state index contributed by atoms with van der Waals surface area (Å²) >= 11 is 6.20. The average Bonchev–Trinajstić information content (AvgIpc) is 2.83. The number of nitrogens with one attached hydrogen (secondary N) is 1. The van der Waals surface area contributed by atoms with Gasteiger partial charge in [-0.3, -0.25) is 9.48 Å². The molecule has 1 unspecified atom stereocenters. The number of hydrogen-bond donors (Lipinski definition) is 2. The highest BCUT2D eigenvalue weighted by molar-refractivity contribution is 6.31. The number of nitrogens with zero attached hydrogens (tertiary/aromatic N) is 2. The van der Waals surface area contributed by atoms with Crippen LogP contribution in [0.3, 0.4) is 0 Å². The number of aliphatic hydroxyl groups excluding tert-OH is 1. The highest BCUT2D eigenvalue weighted by Crippen LogP contribution is 2.19. The minimum Gasteiger partial charge on any atom is -0.393 e. The molecule has 6 heteroatoms. The van der Waals surface area contributed by atoms with Crippen LogP contribution in [0.1, 0.15) is 47.1 Å². The van der Waals surface area contributed by atoms with E-state index in [1.165, 1.54) is 0 Å². The van der Waals surface area contributed by atoms with Crippen LogP contribution in [0, 0.1) is 13.8 Å². The normalized spacial score (nSPS) is 12.2. The van der Waals surface area contributed by atoms with E-state index in [1.54, 1.807) is 4.68 Å². The van der Waals surface area contributed by atoms with E-state index in [0.29, 0.717) is 42.2 Å². The molecule has 0 fully saturated rings. The zero-order chi connectivity index (χ0) is 17.7. The fraction of sp³-hybridized carbons (Fsp3) is 0.444. The van der Waals surface area contributed by atoms with Crippen LogP contribution in [0.2, 0.25) is 5.02 Å². The molecule has 0 aliphatic heterocycles. The van der Waals surface area contributed by atoms with E-state index in [0.717, 1.165) is 11.3 Å². The molecule has 0 radical (unpaired) electrons. The number of carbonyl (C=O) groups is 1. The molecule has 0 spiro atoms. The minimum absolute atomic E-state index is 0.154. The fourth-order valence-corrected chi connectivity index (χ4v) is 2.81. The summed E-state index contributed by atoms with van der Waals surface area (Å²) in [6, 6.07) is 7.61. The van der Waals surface area contributed by atoms with Gasteiger partial charge >= 0.3 is 0 Å². The van der Waals surface area contributed by atoms with Gasteiger partial charge in [-0.2, -0.15) is 5.10 Å². The predicted molar refractivity (Wildman–Crippen MR) is 95.5 cm³/mol. The second kappa shape index (κ2) is 8.31. The number of amides is 1. The van der Waals surface area contributed by atoms with Crippen LogP contribution < -0.4 is 5.32 Å². The molecular formula is C18H24ClN3O2. The smallest absolute Gasteiger partial charge is 0.255 e. The maximum Gasteiger partial charge on any atom is 0.255 e. The van der Waals surface area contributed by atoms with Crippen molar-refractivity contribution in [1.29, 1.82) is 0 Å². The molecule has 1 aromatic heterocycles. The SMILES string of the molecule is CCC(O)CCNC(=O)c1c(C)nn(Cc2ccccc2Cl)c1C. The van der Waals surface area contributed by atoms with Crippen molar-refractivity contribution in [3.05, 3.63) is 51.8 Å². The molecule has 2 rings (SSSR count). The van der Waals surface area contributed by atoms with Crippen molar-refractivity contribution < 1.29 is 9.90 Å². The lowest BCUT2D eigenvalue weighted by Gasteiger charge is -2.10. The Labute approximate surface area is 147 Å². The van der Waals surface area contributed by atoms with Crippen molar-refractivity contribution in [2.75, 3.05) is 6.54 Å². The summed E-state index contributed by atoms with van der Waals surface area (Å²) < 4.78 is 1.80. The van der Waals surface area contributed by atoms with Gasteiger partial charge in [0.15, 0.2) is 0 Å². The fourth-order valence-electron chi connectivity index (χ4n) is 2.61. The van der Waals surface area contributed by atoms with E-state index < -0.39 is 0 Å². The molecule has 0 aliphatic carbocycles. The zero-order valence-corrected chi connectivity index (χ0v) is 15.1. The minimum atomic E-state index is -0.379. The largest absolute Gasteiger partial charge is 0.393 e. The van der Waals surface area contributed by atoms with Crippen molar-refractivity contribution >= 4 is 17.5 Å². The zero-order valence-electron chi connectivity index (χ0n) is 14.3. The summed E-state index contributed by atoms with van der Waals surface area (Å²) in [7, 11) is 0. The van der Waals surface area contributed by atoms with Gasteiger partial charge in [-0.25, -0.2) is 0 Å². The van der Waals surface area contributed by atoms with Crippen LogP contribution in [0.4, 0.5) is 0 Å². The number of carbonyl (C=O) groups excluding carboxylic acids is 1. The molecule has 0 aliphatic rings. The molecular weight excluding hydrogens is 326 g/mol. The standard InChI is InChI=1S/C18H24ClN3O2/c1-4-15(23)9-10-20-18(24)17-12(2)21-22(13(17)3)11-14-7-5-6-8-16(14)19/h5-8,15,23H,4,9-11H2,1-3H3,(H,20,24). The number of rotatable bonds is 7. The van der Waals surface area contributed by atoms with Crippen LogP contribution in [-0.4, -0.2) is 33.4 Å². The third kappa shape index (κ3) is 4.36. The molecule has 5 nitrogen and oxygen atoms in total. The van der Waals surface area contributed by atoms with Gasteiger partial charge in [-0.15, -0.1) is 0 Å². The van der Waals surface area contributed by atoms with Crippen LogP contribution in [0.25, 0.3) is 0 Å². The Morgan fingerprint density at radius 2 is 2.08 bits per heavy atom. The highest BCUT2D eigenvalue weighted by Gasteiger charge is 2.19. The van der Waals surface area contributed by atoms with Crippen LogP contribution in [0.15, 0.2) is 24.3 Å². The van der Waals surface area contributed by atoms with Gasteiger partial charge in [0.05, 0.1) is 23.9 Å². The van der Waals surface area contributed by atoms with E-state index in [4.69, 9.17) is 11.6 Å². The molecule has 1 amide bonds. The third-order valence-corrected chi connectivity index (χ3v) is 4.49. The van der Waals surface area contributed by atoms with Crippen molar-refractivity contribution in [2.24, 2.45) is 0 Å². The number of halogens is 1. The Balaban J connectivity index is 2.11. The van der Waals surface area contributed by atoms with Crippen molar-refractivity contribution in [2.45, 2.75) is 46.3 Å². The Hall–Kier alpha value is -1.85. The Morgan fingerprint density at radius 1 is 1.38 bits per heavy atom. The molecule has 2 N–H and O–H groups in total. The van der Waals surface area contributed by atoms with E-state index >= 15 is 0 Å². The van der Waals surface area contributed by atoms with Gasteiger partial charge < -0.3 is 10.4 Å². The first-order chi connectivity index (χ1) is 11.4. The summed E-state index contributed by atoms with van der Waals surface area (Å²) in [6.07, 6.45) is 0.855. The molecule has 0 saturated carbocycles. The first kappa shape index (κ1) is 18.5. The van der Waals surface area contributed by atoms with Crippen LogP contribution >= 0.6 is 11.6 Å². The molecule has 24 heavy (non-hydrogen) atoms. The van der Waals surface area contributed by atoms with Crippen LogP contribution in [0.5, 0.6) is 0 Å². The second-order valence-corrected chi connectivity index (χ2v) is 6.31. The summed E-state index contributed by atoms with van der Waals surface area (Å²) in [6.45, 7) is 6.59. The highest BCUT2D eigenvalue weighted by atomic mass is 35.5. The summed E-state index contributed by atoms with van der Waals surface area (Å²) in [5.74, 6) is -0.154. The summed E-state index contributed by atoms with van der Waals surface area (Å²) in [5, 5.41) is 17.6. The van der Waals surface area contributed by atoms with Crippen molar-refractivity contribution in [3.63, 3.8) is 0 Å². The first-order valence-corrected chi connectivity index (χ1v) is 8.55. The predicted octanol–water partition coefficient (Wildman–Crippen LogP) is 3.09. The maximum atomic E-state index is 12.4. The second-order valence-electron chi connectivity index (χ2n) is 5.90. The quantitative estimate of drug-likeness (QED) is 0.807. The Morgan fingerprint density at radius 3 is 2.75 bits per heavy atom. The van der Waals surface area contributed by atoms with Gasteiger partial charge in [0, 0.05) is 17.3 Å². The lowest BCUT2D eigenvalue weighted by atomic mass is 10.1. The molecule has 1 aromatic carbocycles. The molecule has 1 atom stereocenters. The molecule has 0 saturated heterocycles. The average molecular weight is 350 g/mol. The lowest BCUT2D eigenvalue weighted by molar-refractivity contribution is 0.0940. The third-order valence-electron chi connectivity index (χ3n) is 4.12. The van der Waals surface area contributed by atoms with Gasteiger partial charge in [0.25, 0.3) is 5.91 Å². The van der Waals surface area contributed by atoms with E-state index in [1.807, 2.05) is 45.0 Å². The van der Waals surface area contributed by atoms with Gasteiger partial charge in [0.2, 0.25) is 0 Å². The topological polar surface area (TPSA) is 67.2 Å². The van der Waals surface area contributed by atoms with E-state index in [9.17, 15) is 9.90 Å². The summed E-state index contributed by atoms with van der Waals surface area (Å²) in [4.78, 5) is 12.4. The number of aromatic nitrogens is 2.